The fourth-order valence-corrected chi connectivity index (χ4v) is 2.44. The van der Waals surface area contributed by atoms with Gasteiger partial charge in [-0.2, -0.15) is 13.1 Å². The van der Waals surface area contributed by atoms with Crippen molar-refractivity contribution in [1.82, 2.24) is 14.8 Å². The Morgan fingerprint density at radius 2 is 1.80 bits per heavy atom. The lowest BCUT2D eigenvalue weighted by molar-refractivity contribution is 0.482. The van der Waals surface area contributed by atoms with Gasteiger partial charge in [0.1, 0.15) is 0 Å². The number of hydrogen-bond acceptors (Lipinski definition) is 3. The van der Waals surface area contributed by atoms with Crippen LogP contribution in [-0.4, -0.2) is 33.1 Å². The lowest BCUT2D eigenvalue weighted by atomic mass is 10.1. The van der Waals surface area contributed by atoms with E-state index in [9.17, 15) is 8.42 Å². The quantitative estimate of drug-likeness (QED) is 0.566. The van der Waals surface area contributed by atoms with E-state index in [4.69, 9.17) is 0 Å². The van der Waals surface area contributed by atoms with Crippen molar-refractivity contribution in [2.45, 2.75) is 45.2 Å². The van der Waals surface area contributed by atoms with Crippen LogP contribution in [0.4, 0.5) is 0 Å². The van der Waals surface area contributed by atoms with Gasteiger partial charge in [0, 0.05) is 24.7 Å². The molecule has 0 atom stereocenters. The first-order valence-corrected chi connectivity index (χ1v) is 6.79. The lowest BCUT2D eigenvalue weighted by Crippen LogP contribution is -2.48. The van der Waals surface area contributed by atoms with E-state index < -0.39 is 15.7 Å². The van der Waals surface area contributed by atoms with E-state index in [1.165, 1.54) is 12.8 Å². The zero-order valence-corrected chi connectivity index (χ0v) is 10.4. The molecule has 0 heterocycles. The van der Waals surface area contributed by atoms with Gasteiger partial charge < -0.3 is 5.32 Å². The summed E-state index contributed by atoms with van der Waals surface area (Å²) in [6.07, 6.45) is 2.43. The Hall–Kier alpha value is -0.170. The summed E-state index contributed by atoms with van der Waals surface area (Å²) in [4.78, 5) is 0. The normalized spacial score (nSPS) is 18.1. The minimum Gasteiger partial charge on any atom is -0.313 e. The van der Waals surface area contributed by atoms with Gasteiger partial charge in [0.05, 0.1) is 0 Å². The fraction of sp³-hybridized carbons (Fsp3) is 1.00. The van der Waals surface area contributed by atoms with Gasteiger partial charge in [-0.1, -0.05) is 0 Å². The van der Waals surface area contributed by atoms with Crippen LogP contribution in [0, 0.1) is 0 Å². The summed E-state index contributed by atoms with van der Waals surface area (Å²) in [6.45, 7) is 6.57. The molecular formula is C9H21N3O2S. The van der Waals surface area contributed by atoms with Gasteiger partial charge in [-0.15, -0.1) is 0 Å². The molecule has 1 aliphatic rings. The van der Waals surface area contributed by atoms with Crippen LogP contribution in [0.5, 0.6) is 0 Å². The second kappa shape index (κ2) is 4.78. The zero-order valence-electron chi connectivity index (χ0n) is 9.63. The first-order valence-electron chi connectivity index (χ1n) is 5.30. The molecule has 0 radical (unpaired) electrons. The van der Waals surface area contributed by atoms with Crippen molar-refractivity contribution in [2.24, 2.45) is 0 Å². The molecule has 1 rings (SSSR count). The summed E-state index contributed by atoms with van der Waals surface area (Å²) in [6, 6.07) is 0.616. The number of nitrogens with one attached hydrogen (secondary N) is 3. The van der Waals surface area contributed by atoms with Crippen LogP contribution < -0.4 is 14.8 Å². The van der Waals surface area contributed by atoms with Crippen LogP contribution in [0.1, 0.15) is 33.6 Å². The van der Waals surface area contributed by atoms with Gasteiger partial charge in [0.25, 0.3) is 10.2 Å². The molecule has 6 heteroatoms. The highest BCUT2D eigenvalue weighted by atomic mass is 32.2. The number of rotatable bonds is 6. The van der Waals surface area contributed by atoms with Gasteiger partial charge in [-0.05, 0) is 33.6 Å². The molecule has 3 N–H and O–H groups in total. The predicted octanol–water partition coefficient (Wildman–Crippen LogP) is -0.0391. The second-order valence-corrected chi connectivity index (χ2v) is 6.48. The molecule has 0 aromatic heterocycles. The summed E-state index contributed by atoms with van der Waals surface area (Å²) >= 11 is 0. The molecule has 0 aromatic carbocycles. The van der Waals surface area contributed by atoms with Gasteiger partial charge in [0.15, 0.2) is 0 Å². The standard InChI is InChI=1S/C9H21N3O2S/c1-9(2,3)12-15(13,14)11-7-6-10-8-4-5-8/h8,10-12H,4-7H2,1-3H3. The second-order valence-electron chi connectivity index (χ2n) is 4.98. The smallest absolute Gasteiger partial charge is 0.277 e. The van der Waals surface area contributed by atoms with Gasteiger partial charge in [0.2, 0.25) is 0 Å². The summed E-state index contributed by atoms with van der Waals surface area (Å²) < 4.78 is 27.9. The van der Waals surface area contributed by atoms with E-state index >= 15 is 0 Å². The Kier molecular flexibility index (Phi) is 4.11. The van der Waals surface area contributed by atoms with E-state index in [0.29, 0.717) is 19.1 Å². The average molecular weight is 235 g/mol. The third kappa shape index (κ3) is 6.83. The highest BCUT2D eigenvalue weighted by molar-refractivity contribution is 7.87. The van der Waals surface area contributed by atoms with Crippen LogP contribution in [0.3, 0.4) is 0 Å². The van der Waals surface area contributed by atoms with Crippen LogP contribution in [0.25, 0.3) is 0 Å². The third-order valence-corrected chi connectivity index (χ3v) is 3.33. The first-order chi connectivity index (χ1) is 6.79. The Bertz CT molecular complexity index is 291. The Balaban J connectivity index is 2.17. The average Bonchev–Trinajstić information content (AvgIpc) is 2.76. The summed E-state index contributed by atoms with van der Waals surface area (Å²) in [7, 11) is -3.36. The maximum atomic E-state index is 11.5. The molecule has 0 spiro atoms. The van der Waals surface area contributed by atoms with E-state index in [-0.39, 0.29) is 0 Å². The molecule has 0 bridgehead atoms. The monoisotopic (exact) mass is 235 g/mol. The molecule has 5 nitrogen and oxygen atoms in total. The maximum absolute atomic E-state index is 11.5. The molecular weight excluding hydrogens is 214 g/mol. The van der Waals surface area contributed by atoms with E-state index in [2.05, 4.69) is 14.8 Å². The maximum Gasteiger partial charge on any atom is 0.277 e. The largest absolute Gasteiger partial charge is 0.313 e. The first kappa shape index (κ1) is 12.9. The number of hydrogen-bond donors (Lipinski definition) is 3. The summed E-state index contributed by atoms with van der Waals surface area (Å²) in [5.41, 5.74) is -0.435. The highest BCUT2D eigenvalue weighted by Crippen LogP contribution is 2.17. The molecule has 1 aliphatic carbocycles. The van der Waals surface area contributed by atoms with Crippen molar-refractivity contribution in [3.63, 3.8) is 0 Å². The van der Waals surface area contributed by atoms with Crippen LogP contribution in [-0.2, 0) is 10.2 Å². The minimum absolute atomic E-state index is 0.432. The molecule has 90 valence electrons. The molecule has 0 aliphatic heterocycles. The van der Waals surface area contributed by atoms with E-state index in [1.807, 2.05) is 20.8 Å². The highest BCUT2D eigenvalue weighted by Gasteiger charge is 2.21. The topological polar surface area (TPSA) is 70.2 Å². The summed E-state index contributed by atoms with van der Waals surface area (Å²) in [5, 5.41) is 3.24. The molecule has 1 saturated carbocycles. The molecule has 0 unspecified atom stereocenters. The van der Waals surface area contributed by atoms with Crippen molar-refractivity contribution in [3.05, 3.63) is 0 Å². The lowest BCUT2D eigenvalue weighted by Gasteiger charge is -2.20. The van der Waals surface area contributed by atoms with Crippen molar-refractivity contribution >= 4 is 10.2 Å². The molecule has 15 heavy (non-hydrogen) atoms. The van der Waals surface area contributed by atoms with Crippen LogP contribution in [0.2, 0.25) is 0 Å². The Morgan fingerprint density at radius 3 is 2.27 bits per heavy atom. The fourth-order valence-electron chi connectivity index (χ4n) is 1.19. The van der Waals surface area contributed by atoms with Gasteiger partial charge in [-0.3, -0.25) is 0 Å². The Labute approximate surface area is 92.2 Å². The molecule has 0 amide bonds. The Morgan fingerprint density at radius 1 is 1.20 bits per heavy atom. The van der Waals surface area contributed by atoms with Gasteiger partial charge in [-0.25, -0.2) is 4.72 Å². The van der Waals surface area contributed by atoms with Crippen molar-refractivity contribution in [1.29, 1.82) is 0 Å². The van der Waals surface area contributed by atoms with E-state index in [1.54, 1.807) is 0 Å². The van der Waals surface area contributed by atoms with Crippen molar-refractivity contribution in [2.75, 3.05) is 13.1 Å². The molecule has 0 aromatic rings. The van der Waals surface area contributed by atoms with Crippen LogP contribution >= 0.6 is 0 Å². The van der Waals surface area contributed by atoms with Crippen molar-refractivity contribution in [3.8, 4) is 0 Å². The molecule has 0 saturated heterocycles. The van der Waals surface area contributed by atoms with E-state index in [0.717, 1.165) is 0 Å². The van der Waals surface area contributed by atoms with Crippen LogP contribution in [0.15, 0.2) is 0 Å². The SMILES string of the molecule is CC(C)(C)NS(=O)(=O)NCCNC1CC1. The summed E-state index contributed by atoms with van der Waals surface area (Å²) in [5.74, 6) is 0. The minimum atomic E-state index is -3.36. The predicted molar refractivity (Wildman–Crippen MR) is 60.8 cm³/mol. The van der Waals surface area contributed by atoms with Crippen molar-refractivity contribution < 1.29 is 8.42 Å². The third-order valence-electron chi connectivity index (χ3n) is 1.87. The van der Waals surface area contributed by atoms with Gasteiger partial charge >= 0.3 is 0 Å². The zero-order chi connectivity index (χ0) is 11.5. The molecule has 1 fully saturated rings.